The fourth-order valence-electron chi connectivity index (χ4n) is 2.58. The summed E-state index contributed by atoms with van der Waals surface area (Å²) in [5.41, 5.74) is 2.17. The second-order valence-corrected chi connectivity index (χ2v) is 4.67. The minimum atomic E-state index is -0.307. The van der Waals surface area contributed by atoms with Crippen molar-refractivity contribution in [3.05, 3.63) is 36.0 Å². The molecule has 0 N–H and O–H groups in total. The van der Waals surface area contributed by atoms with Crippen molar-refractivity contribution in [2.45, 2.75) is 20.8 Å². The third-order valence-electron chi connectivity index (χ3n) is 3.68. The van der Waals surface area contributed by atoms with Crippen molar-refractivity contribution >= 4 is 5.78 Å². The molecule has 14 heavy (non-hydrogen) atoms. The summed E-state index contributed by atoms with van der Waals surface area (Å²) in [6, 6.07) is 0. The van der Waals surface area contributed by atoms with Crippen LogP contribution in [-0.2, 0) is 4.79 Å². The quantitative estimate of drug-likeness (QED) is 0.578. The van der Waals surface area contributed by atoms with Gasteiger partial charge in [0.05, 0.1) is 11.3 Å². The van der Waals surface area contributed by atoms with Gasteiger partial charge < -0.3 is 0 Å². The van der Waals surface area contributed by atoms with Gasteiger partial charge in [0.2, 0.25) is 0 Å². The summed E-state index contributed by atoms with van der Waals surface area (Å²) in [6.07, 6.45) is 6.07. The normalized spacial score (nSPS) is 39.4. The second kappa shape index (κ2) is 2.69. The van der Waals surface area contributed by atoms with Crippen LogP contribution in [0, 0.1) is 17.3 Å². The van der Waals surface area contributed by atoms with Crippen molar-refractivity contribution in [3.63, 3.8) is 0 Å². The van der Waals surface area contributed by atoms with E-state index in [1.165, 1.54) is 11.1 Å². The summed E-state index contributed by atoms with van der Waals surface area (Å²) in [7, 11) is 0. The lowest BCUT2D eigenvalue weighted by Gasteiger charge is -2.46. The maximum atomic E-state index is 12.0. The molecule has 0 amide bonds. The van der Waals surface area contributed by atoms with Crippen LogP contribution < -0.4 is 0 Å². The Morgan fingerprint density at radius 1 is 1.57 bits per heavy atom. The standard InChI is InChI=1S/C13H16O/c1-5-13(4)10-7-6-9(8(2)3)11(10)12(13)14/h5-7,10-11H,1H2,2-4H3/t10-,11+,13-/m1/s1. The predicted molar refractivity (Wildman–Crippen MR) is 57.8 cm³/mol. The fraction of sp³-hybridized carbons (Fsp3) is 0.462. The zero-order chi connectivity index (χ0) is 10.5. The van der Waals surface area contributed by atoms with Gasteiger partial charge in [-0.15, -0.1) is 6.58 Å². The highest BCUT2D eigenvalue weighted by molar-refractivity contribution is 5.99. The average molecular weight is 188 g/mol. The number of hydrogen-bond acceptors (Lipinski definition) is 1. The molecule has 0 radical (unpaired) electrons. The lowest BCUT2D eigenvalue weighted by molar-refractivity contribution is -0.142. The van der Waals surface area contributed by atoms with Gasteiger partial charge in [0.15, 0.2) is 5.78 Å². The Balaban J connectivity index is 2.39. The topological polar surface area (TPSA) is 17.1 Å². The third-order valence-corrected chi connectivity index (χ3v) is 3.68. The molecule has 0 saturated heterocycles. The van der Waals surface area contributed by atoms with Crippen LogP contribution in [0.15, 0.2) is 36.0 Å². The maximum absolute atomic E-state index is 12.0. The molecule has 0 bridgehead atoms. The number of Topliss-reactive ketones (excluding diaryl/α,β-unsaturated/α-hetero) is 1. The first-order valence-corrected chi connectivity index (χ1v) is 5.06. The monoisotopic (exact) mass is 188 g/mol. The Kier molecular flexibility index (Phi) is 1.82. The molecule has 0 aromatic heterocycles. The summed E-state index contributed by atoms with van der Waals surface area (Å²) >= 11 is 0. The number of hydrogen-bond donors (Lipinski definition) is 0. The number of fused-ring (bicyclic) bond motifs is 1. The van der Waals surface area contributed by atoms with Crippen LogP contribution in [0.1, 0.15) is 20.8 Å². The minimum absolute atomic E-state index is 0.128. The zero-order valence-corrected chi connectivity index (χ0v) is 9.00. The van der Waals surface area contributed by atoms with Crippen LogP contribution in [0.5, 0.6) is 0 Å². The molecule has 1 nitrogen and oxygen atoms in total. The van der Waals surface area contributed by atoms with Crippen LogP contribution in [-0.4, -0.2) is 5.78 Å². The van der Waals surface area contributed by atoms with E-state index in [1.54, 1.807) is 6.08 Å². The van der Waals surface area contributed by atoms with Crippen LogP contribution in [0.25, 0.3) is 0 Å². The van der Waals surface area contributed by atoms with Crippen molar-refractivity contribution in [1.82, 2.24) is 0 Å². The molecule has 0 aromatic carbocycles. The summed E-state index contributed by atoms with van der Waals surface area (Å²) in [5, 5.41) is 0. The van der Waals surface area contributed by atoms with Crippen molar-refractivity contribution in [1.29, 1.82) is 0 Å². The van der Waals surface area contributed by atoms with Crippen LogP contribution in [0.2, 0.25) is 0 Å². The first-order valence-electron chi connectivity index (χ1n) is 5.06. The van der Waals surface area contributed by atoms with Gasteiger partial charge in [-0.05, 0) is 26.3 Å². The van der Waals surface area contributed by atoms with E-state index in [4.69, 9.17) is 0 Å². The van der Waals surface area contributed by atoms with Crippen LogP contribution in [0.3, 0.4) is 0 Å². The highest BCUT2D eigenvalue weighted by Gasteiger charge is 2.58. The molecule has 74 valence electrons. The third kappa shape index (κ3) is 0.875. The molecular formula is C13H16O. The van der Waals surface area contributed by atoms with Crippen molar-refractivity contribution in [2.24, 2.45) is 17.3 Å². The van der Waals surface area contributed by atoms with E-state index in [-0.39, 0.29) is 11.3 Å². The van der Waals surface area contributed by atoms with Crippen molar-refractivity contribution < 1.29 is 4.79 Å². The average Bonchev–Trinajstić information content (AvgIpc) is 2.57. The van der Waals surface area contributed by atoms with E-state index in [2.05, 4.69) is 32.6 Å². The summed E-state index contributed by atoms with van der Waals surface area (Å²) in [5.74, 6) is 0.819. The molecule has 1 heteroatoms. The predicted octanol–water partition coefficient (Wildman–Crippen LogP) is 2.90. The number of carbonyl (C=O) groups excluding carboxylic acids is 1. The zero-order valence-electron chi connectivity index (χ0n) is 9.00. The molecule has 3 atom stereocenters. The number of ketones is 1. The Hall–Kier alpha value is -1.11. The molecule has 2 aliphatic rings. The first kappa shape index (κ1) is 9.45. The Morgan fingerprint density at radius 3 is 2.71 bits per heavy atom. The molecule has 0 heterocycles. The van der Waals surface area contributed by atoms with E-state index < -0.39 is 0 Å². The molecule has 0 unspecified atom stereocenters. The molecule has 0 aliphatic heterocycles. The van der Waals surface area contributed by atoms with Gasteiger partial charge in [-0.2, -0.15) is 0 Å². The van der Waals surface area contributed by atoms with Gasteiger partial charge in [0.1, 0.15) is 0 Å². The molecule has 1 fully saturated rings. The summed E-state index contributed by atoms with van der Waals surface area (Å²) in [6.45, 7) is 9.89. The molecule has 2 rings (SSSR count). The molecule has 0 aromatic rings. The van der Waals surface area contributed by atoms with Gasteiger partial charge in [0, 0.05) is 5.92 Å². The highest BCUT2D eigenvalue weighted by Crippen LogP contribution is 2.56. The van der Waals surface area contributed by atoms with Gasteiger partial charge in [0.25, 0.3) is 0 Å². The second-order valence-electron chi connectivity index (χ2n) is 4.67. The largest absolute Gasteiger partial charge is 0.298 e. The number of rotatable bonds is 1. The molecular weight excluding hydrogens is 172 g/mol. The van der Waals surface area contributed by atoms with Gasteiger partial charge in [-0.1, -0.05) is 23.8 Å². The van der Waals surface area contributed by atoms with Gasteiger partial charge >= 0.3 is 0 Å². The highest BCUT2D eigenvalue weighted by atomic mass is 16.1. The first-order chi connectivity index (χ1) is 6.52. The van der Waals surface area contributed by atoms with Crippen LogP contribution >= 0.6 is 0 Å². The summed E-state index contributed by atoms with van der Waals surface area (Å²) < 4.78 is 0. The molecule has 1 saturated carbocycles. The lowest BCUT2D eigenvalue weighted by Crippen LogP contribution is -2.52. The van der Waals surface area contributed by atoms with E-state index >= 15 is 0 Å². The SMILES string of the molecule is C=C[C@@]1(C)C(=O)[C@H]2C(=C(C)C)C=C[C@H]21. The Morgan fingerprint density at radius 2 is 2.21 bits per heavy atom. The van der Waals surface area contributed by atoms with Gasteiger partial charge in [-0.25, -0.2) is 0 Å². The van der Waals surface area contributed by atoms with Crippen molar-refractivity contribution in [3.8, 4) is 0 Å². The lowest BCUT2D eigenvalue weighted by atomic mass is 9.54. The molecule has 0 spiro atoms. The Bertz CT molecular complexity index is 369. The maximum Gasteiger partial charge on any atom is 0.151 e. The van der Waals surface area contributed by atoms with E-state index in [9.17, 15) is 4.79 Å². The van der Waals surface area contributed by atoms with E-state index in [0.29, 0.717) is 11.7 Å². The number of carbonyl (C=O) groups is 1. The number of allylic oxidation sites excluding steroid dienone is 5. The van der Waals surface area contributed by atoms with Crippen LogP contribution in [0.4, 0.5) is 0 Å². The summed E-state index contributed by atoms with van der Waals surface area (Å²) in [4.78, 5) is 12.0. The smallest absolute Gasteiger partial charge is 0.151 e. The van der Waals surface area contributed by atoms with E-state index in [1.807, 2.05) is 6.92 Å². The van der Waals surface area contributed by atoms with Gasteiger partial charge in [-0.3, -0.25) is 4.79 Å². The van der Waals surface area contributed by atoms with Crippen molar-refractivity contribution in [2.75, 3.05) is 0 Å². The molecule has 2 aliphatic carbocycles. The van der Waals surface area contributed by atoms with E-state index in [0.717, 1.165) is 0 Å². The Labute approximate surface area is 85.2 Å². The minimum Gasteiger partial charge on any atom is -0.298 e. The fourth-order valence-corrected chi connectivity index (χ4v) is 2.58.